The Labute approximate surface area is 125 Å². The molecule has 0 saturated heterocycles. The van der Waals surface area contributed by atoms with Crippen LogP contribution >= 0.6 is 11.6 Å². The largest absolute Gasteiger partial charge is 0.457 e. The van der Waals surface area contributed by atoms with Gasteiger partial charge in [0, 0.05) is 5.02 Å². The first kappa shape index (κ1) is 14.9. The number of aliphatic hydroxyl groups is 1. The molecule has 0 aliphatic rings. The van der Waals surface area contributed by atoms with E-state index in [-0.39, 0.29) is 5.41 Å². The van der Waals surface area contributed by atoms with E-state index in [1.165, 1.54) is 0 Å². The van der Waals surface area contributed by atoms with Crippen LogP contribution in [0.5, 0.6) is 11.5 Å². The maximum Gasteiger partial charge on any atom is 0.127 e. The van der Waals surface area contributed by atoms with E-state index in [9.17, 15) is 5.11 Å². The van der Waals surface area contributed by atoms with Crippen molar-refractivity contribution in [1.82, 2.24) is 0 Å². The van der Waals surface area contributed by atoms with Crippen molar-refractivity contribution in [3.8, 4) is 11.5 Å². The summed E-state index contributed by atoms with van der Waals surface area (Å²) < 4.78 is 5.71. The quantitative estimate of drug-likeness (QED) is 0.840. The molecule has 3 heteroatoms. The molecule has 0 spiro atoms. The summed E-state index contributed by atoms with van der Waals surface area (Å²) in [5.41, 5.74) is 0.708. The van der Waals surface area contributed by atoms with E-state index in [0.29, 0.717) is 5.02 Å². The van der Waals surface area contributed by atoms with Gasteiger partial charge in [-0.1, -0.05) is 44.5 Å². The average molecular weight is 291 g/mol. The van der Waals surface area contributed by atoms with Gasteiger partial charge in [-0.15, -0.1) is 0 Å². The van der Waals surface area contributed by atoms with Crippen LogP contribution in [-0.2, 0) is 0 Å². The van der Waals surface area contributed by atoms with E-state index in [1.807, 2.05) is 57.2 Å². The fraction of sp³-hybridized carbons (Fsp3) is 0.294. The number of benzene rings is 2. The Morgan fingerprint density at radius 2 is 1.35 bits per heavy atom. The second-order valence-corrected chi connectivity index (χ2v) is 6.33. The van der Waals surface area contributed by atoms with Gasteiger partial charge in [-0.05, 0) is 47.4 Å². The van der Waals surface area contributed by atoms with Gasteiger partial charge >= 0.3 is 0 Å². The zero-order chi connectivity index (χ0) is 14.8. The lowest BCUT2D eigenvalue weighted by atomic mass is 9.85. The maximum atomic E-state index is 10.2. The Balaban J connectivity index is 2.10. The van der Waals surface area contributed by atoms with Crippen molar-refractivity contribution < 1.29 is 9.84 Å². The standard InChI is InChI=1S/C17H19ClO2/c1-17(2,3)16(19)12-4-8-14(9-5-12)20-15-10-6-13(18)7-11-15/h4-11,16,19H,1-3H3. The van der Waals surface area contributed by atoms with E-state index < -0.39 is 6.10 Å². The first-order chi connectivity index (χ1) is 9.36. The summed E-state index contributed by atoms with van der Waals surface area (Å²) in [5.74, 6) is 1.47. The number of hydrogen-bond donors (Lipinski definition) is 1. The topological polar surface area (TPSA) is 29.5 Å². The van der Waals surface area contributed by atoms with Crippen molar-refractivity contribution in [2.45, 2.75) is 26.9 Å². The number of halogens is 1. The number of aliphatic hydroxyl groups excluding tert-OH is 1. The molecule has 0 saturated carbocycles. The number of ether oxygens (including phenoxy) is 1. The lowest BCUT2D eigenvalue weighted by molar-refractivity contribution is 0.0626. The van der Waals surface area contributed by atoms with Gasteiger partial charge in [0.15, 0.2) is 0 Å². The summed E-state index contributed by atoms with van der Waals surface area (Å²) in [6, 6.07) is 14.7. The fourth-order valence-corrected chi connectivity index (χ4v) is 1.98. The maximum absolute atomic E-state index is 10.2. The first-order valence-electron chi connectivity index (χ1n) is 6.58. The van der Waals surface area contributed by atoms with Gasteiger partial charge in [0.05, 0.1) is 6.10 Å². The summed E-state index contributed by atoms with van der Waals surface area (Å²) >= 11 is 5.83. The smallest absolute Gasteiger partial charge is 0.127 e. The van der Waals surface area contributed by atoms with E-state index in [2.05, 4.69) is 0 Å². The third-order valence-electron chi connectivity index (χ3n) is 3.07. The molecule has 0 amide bonds. The van der Waals surface area contributed by atoms with E-state index in [4.69, 9.17) is 16.3 Å². The van der Waals surface area contributed by atoms with Gasteiger partial charge in [-0.3, -0.25) is 0 Å². The molecule has 2 aromatic carbocycles. The minimum absolute atomic E-state index is 0.182. The highest BCUT2D eigenvalue weighted by Crippen LogP contribution is 2.33. The van der Waals surface area contributed by atoms with Crippen LogP contribution < -0.4 is 4.74 Å². The average Bonchev–Trinajstić information content (AvgIpc) is 2.40. The molecular formula is C17H19ClO2. The second-order valence-electron chi connectivity index (χ2n) is 5.89. The Bertz CT molecular complexity index is 553. The summed E-state index contributed by atoms with van der Waals surface area (Å²) in [7, 11) is 0. The molecule has 2 nitrogen and oxygen atoms in total. The van der Waals surface area contributed by atoms with Gasteiger partial charge in [0.2, 0.25) is 0 Å². The van der Waals surface area contributed by atoms with Gasteiger partial charge in [-0.2, -0.15) is 0 Å². The normalized spacial score (nSPS) is 13.1. The van der Waals surface area contributed by atoms with Crippen molar-refractivity contribution in [1.29, 1.82) is 0 Å². The molecule has 20 heavy (non-hydrogen) atoms. The van der Waals surface area contributed by atoms with Gasteiger partial charge in [0.1, 0.15) is 11.5 Å². The predicted molar refractivity (Wildman–Crippen MR) is 82.4 cm³/mol. The van der Waals surface area contributed by atoms with Crippen molar-refractivity contribution >= 4 is 11.6 Å². The predicted octanol–water partition coefficient (Wildman–Crippen LogP) is 5.21. The van der Waals surface area contributed by atoms with Gasteiger partial charge in [0.25, 0.3) is 0 Å². The van der Waals surface area contributed by atoms with Crippen LogP contribution in [0, 0.1) is 5.41 Å². The monoisotopic (exact) mass is 290 g/mol. The number of rotatable bonds is 3. The fourth-order valence-electron chi connectivity index (χ4n) is 1.86. The summed E-state index contributed by atoms with van der Waals surface area (Å²) in [6.07, 6.45) is -0.493. The number of hydrogen-bond acceptors (Lipinski definition) is 2. The zero-order valence-electron chi connectivity index (χ0n) is 11.9. The molecule has 1 atom stereocenters. The molecule has 0 fully saturated rings. The molecule has 2 rings (SSSR count). The third kappa shape index (κ3) is 3.75. The molecule has 0 bridgehead atoms. The van der Waals surface area contributed by atoms with Gasteiger partial charge in [-0.25, -0.2) is 0 Å². The molecule has 0 radical (unpaired) electrons. The highest BCUT2D eigenvalue weighted by atomic mass is 35.5. The highest BCUT2D eigenvalue weighted by Gasteiger charge is 2.23. The van der Waals surface area contributed by atoms with Crippen LogP contribution in [0.25, 0.3) is 0 Å². The Hall–Kier alpha value is -1.51. The molecule has 2 aromatic rings. The molecule has 1 N–H and O–H groups in total. The van der Waals surface area contributed by atoms with Crippen LogP contribution in [0.2, 0.25) is 5.02 Å². The minimum atomic E-state index is -0.493. The minimum Gasteiger partial charge on any atom is -0.457 e. The van der Waals surface area contributed by atoms with Crippen LogP contribution in [0.15, 0.2) is 48.5 Å². The molecule has 0 aliphatic heterocycles. The van der Waals surface area contributed by atoms with E-state index in [1.54, 1.807) is 12.1 Å². The Kier molecular flexibility index (Phi) is 4.36. The van der Waals surface area contributed by atoms with Crippen LogP contribution in [0.4, 0.5) is 0 Å². The Morgan fingerprint density at radius 3 is 1.80 bits per heavy atom. The summed E-state index contributed by atoms with van der Waals surface area (Å²) in [5, 5.41) is 10.9. The van der Waals surface area contributed by atoms with Crippen LogP contribution in [-0.4, -0.2) is 5.11 Å². The lowest BCUT2D eigenvalue weighted by Gasteiger charge is -2.26. The third-order valence-corrected chi connectivity index (χ3v) is 3.32. The highest BCUT2D eigenvalue weighted by molar-refractivity contribution is 6.30. The molecule has 0 aliphatic carbocycles. The van der Waals surface area contributed by atoms with Gasteiger partial charge < -0.3 is 9.84 Å². The molecule has 0 aromatic heterocycles. The van der Waals surface area contributed by atoms with E-state index >= 15 is 0 Å². The summed E-state index contributed by atoms with van der Waals surface area (Å²) in [6.45, 7) is 6.03. The molecule has 1 unspecified atom stereocenters. The van der Waals surface area contributed by atoms with Crippen molar-refractivity contribution in [2.24, 2.45) is 5.41 Å². The van der Waals surface area contributed by atoms with Crippen molar-refractivity contribution in [2.75, 3.05) is 0 Å². The van der Waals surface area contributed by atoms with Crippen LogP contribution in [0.3, 0.4) is 0 Å². The second kappa shape index (κ2) is 5.86. The lowest BCUT2D eigenvalue weighted by Crippen LogP contribution is -2.17. The molecule has 0 heterocycles. The SMILES string of the molecule is CC(C)(C)C(O)c1ccc(Oc2ccc(Cl)cc2)cc1. The molecular weight excluding hydrogens is 272 g/mol. The zero-order valence-corrected chi connectivity index (χ0v) is 12.7. The molecule has 106 valence electrons. The van der Waals surface area contributed by atoms with E-state index in [0.717, 1.165) is 17.1 Å². The van der Waals surface area contributed by atoms with Crippen LogP contribution in [0.1, 0.15) is 32.4 Å². The summed E-state index contributed by atoms with van der Waals surface area (Å²) in [4.78, 5) is 0. The first-order valence-corrected chi connectivity index (χ1v) is 6.95. The Morgan fingerprint density at radius 1 is 0.900 bits per heavy atom. The van der Waals surface area contributed by atoms with Crippen molar-refractivity contribution in [3.05, 3.63) is 59.1 Å². The van der Waals surface area contributed by atoms with Crippen molar-refractivity contribution in [3.63, 3.8) is 0 Å².